The molecule has 0 unspecified atom stereocenters. The Bertz CT molecular complexity index is 503. The number of aromatic nitrogens is 2. The number of rotatable bonds is 2. The van der Waals surface area contributed by atoms with Crippen LogP contribution in [0.5, 0.6) is 0 Å². The van der Waals surface area contributed by atoms with Crippen LogP contribution in [0.4, 0.5) is 4.39 Å². The Hall–Kier alpha value is -0.950. The third-order valence-electron chi connectivity index (χ3n) is 2.76. The van der Waals surface area contributed by atoms with Gasteiger partial charge < -0.3 is 0 Å². The Morgan fingerprint density at radius 2 is 1.88 bits per heavy atom. The Morgan fingerprint density at radius 1 is 1.31 bits per heavy atom. The van der Waals surface area contributed by atoms with Crippen molar-refractivity contribution in [1.29, 1.82) is 0 Å². The van der Waals surface area contributed by atoms with Gasteiger partial charge in [-0.2, -0.15) is 13.8 Å². The van der Waals surface area contributed by atoms with Gasteiger partial charge in [0.15, 0.2) is 4.90 Å². The molecule has 0 radical (unpaired) electrons. The van der Waals surface area contributed by atoms with Crippen LogP contribution in [0.2, 0.25) is 0 Å². The lowest BCUT2D eigenvalue weighted by Gasteiger charge is -2.14. The van der Waals surface area contributed by atoms with E-state index < -0.39 is 16.0 Å². The monoisotopic (exact) mass is 247 g/mol. The highest BCUT2D eigenvalue weighted by atomic mass is 32.2. The lowest BCUT2D eigenvalue weighted by molar-refractivity contribution is 0.454. The average Bonchev–Trinajstić information content (AvgIpc) is 2.76. The maximum atomic E-state index is 13.7. The van der Waals surface area contributed by atoms with Gasteiger partial charge in [0.1, 0.15) is 0 Å². The highest BCUT2D eigenvalue weighted by Crippen LogP contribution is 2.25. The van der Waals surface area contributed by atoms with Crippen molar-refractivity contribution in [2.75, 3.05) is 13.1 Å². The first-order valence-corrected chi connectivity index (χ1v) is 6.58. The minimum absolute atomic E-state index is 0.215. The Labute approximate surface area is 93.9 Å². The molecule has 1 fully saturated rings. The third-order valence-corrected chi connectivity index (χ3v) is 4.79. The van der Waals surface area contributed by atoms with Crippen LogP contribution >= 0.6 is 0 Å². The first-order valence-electron chi connectivity index (χ1n) is 5.14. The Morgan fingerprint density at radius 3 is 2.31 bits per heavy atom. The maximum absolute atomic E-state index is 13.7. The van der Waals surface area contributed by atoms with E-state index in [-0.39, 0.29) is 10.6 Å². The molecule has 1 aliphatic heterocycles. The van der Waals surface area contributed by atoms with Gasteiger partial charge in [-0.1, -0.05) is 0 Å². The van der Waals surface area contributed by atoms with Crippen LogP contribution in [0.15, 0.2) is 4.90 Å². The minimum atomic E-state index is -3.70. The number of halogens is 1. The number of nitrogens with zero attached hydrogens (tertiary/aromatic N) is 3. The Balaban J connectivity index is 2.50. The van der Waals surface area contributed by atoms with Gasteiger partial charge in [-0.15, -0.1) is 0 Å². The van der Waals surface area contributed by atoms with E-state index in [1.165, 1.54) is 18.3 Å². The van der Waals surface area contributed by atoms with E-state index in [4.69, 9.17) is 0 Å². The molecule has 0 N–H and O–H groups in total. The van der Waals surface area contributed by atoms with Crippen LogP contribution in [0.25, 0.3) is 0 Å². The highest BCUT2D eigenvalue weighted by Gasteiger charge is 2.33. The van der Waals surface area contributed by atoms with Gasteiger partial charge in [-0.25, -0.2) is 13.1 Å². The molecule has 5 nitrogen and oxygen atoms in total. The highest BCUT2D eigenvalue weighted by molar-refractivity contribution is 7.89. The molecule has 1 saturated heterocycles. The van der Waals surface area contributed by atoms with Crippen LogP contribution < -0.4 is 0 Å². The number of hydrogen-bond donors (Lipinski definition) is 0. The number of aryl methyl sites for hydroxylation is 2. The molecular formula is C9H14FN3O2S. The van der Waals surface area contributed by atoms with E-state index >= 15 is 0 Å². The summed E-state index contributed by atoms with van der Waals surface area (Å²) in [5.74, 6) is -0.788. The number of hydrogen-bond acceptors (Lipinski definition) is 3. The summed E-state index contributed by atoms with van der Waals surface area (Å²) >= 11 is 0. The predicted molar refractivity (Wildman–Crippen MR) is 55.9 cm³/mol. The van der Waals surface area contributed by atoms with Gasteiger partial charge in [0.25, 0.3) is 0 Å². The molecule has 0 bridgehead atoms. The standard InChI is InChI=1S/C9H14FN3O2S/c1-7-8(9(10)12(2)11-7)16(14,15)13-5-3-4-6-13/h3-6H2,1-2H3. The van der Waals surface area contributed by atoms with E-state index in [0.29, 0.717) is 13.1 Å². The molecule has 0 saturated carbocycles. The molecule has 0 amide bonds. The van der Waals surface area contributed by atoms with Crippen molar-refractivity contribution in [1.82, 2.24) is 14.1 Å². The van der Waals surface area contributed by atoms with Gasteiger partial charge in [-0.05, 0) is 19.8 Å². The van der Waals surface area contributed by atoms with E-state index in [1.807, 2.05) is 0 Å². The summed E-state index contributed by atoms with van der Waals surface area (Å²) in [4.78, 5) is -0.281. The summed E-state index contributed by atoms with van der Waals surface area (Å²) < 4.78 is 40.2. The topological polar surface area (TPSA) is 55.2 Å². The molecule has 1 aromatic heterocycles. The lowest BCUT2D eigenvalue weighted by atomic mass is 10.4. The summed E-state index contributed by atoms with van der Waals surface area (Å²) in [7, 11) is -2.31. The molecule has 7 heteroatoms. The largest absolute Gasteiger partial charge is 0.249 e. The normalized spacial score (nSPS) is 18.2. The third kappa shape index (κ3) is 1.63. The van der Waals surface area contributed by atoms with E-state index in [2.05, 4.69) is 5.10 Å². The molecule has 0 aliphatic carbocycles. The van der Waals surface area contributed by atoms with Crippen LogP contribution in [-0.2, 0) is 17.1 Å². The number of sulfonamides is 1. The zero-order valence-corrected chi connectivity index (χ0v) is 10.1. The van der Waals surface area contributed by atoms with Crippen molar-refractivity contribution >= 4 is 10.0 Å². The van der Waals surface area contributed by atoms with Crippen molar-refractivity contribution in [2.24, 2.45) is 7.05 Å². The molecule has 1 aromatic rings. The second-order valence-corrected chi connectivity index (χ2v) is 5.81. The van der Waals surface area contributed by atoms with Crippen LogP contribution in [-0.4, -0.2) is 35.6 Å². The molecule has 2 rings (SSSR count). The van der Waals surface area contributed by atoms with E-state index in [0.717, 1.165) is 17.5 Å². The fourth-order valence-electron chi connectivity index (χ4n) is 1.96. The quantitative estimate of drug-likeness (QED) is 0.771. The first-order chi connectivity index (χ1) is 7.44. The maximum Gasteiger partial charge on any atom is 0.249 e. The fraction of sp³-hybridized carbons (Fsp3) is 0.667. The summed E-state index contributed by atoms with van der Waals surface area (Å²) in [6.45, 7) is 2.44. The molecule has 0 atom stereocenters. The molecule has 1 aliphatic rings. The van der Waals surface area contributed by atoms with Crippen LogP contribution in [0.3, 0.4) is 0 Å². The van der Waals surface area contributed by atoms with Crippen molar-refractivity contribution in [2.45, 2.75) is 24.7 Å². The van der Waals surface area contributed by atoms with Gasteiger partial charge in [-0.3, -0.25) is 0 Å². The zero-order chi connectivity index (χ0) is 11.9. The summed E-state index contributed by atoms with van der Waals surface area (Å²) in [6.07, 6.45) is 1.67. The molecule has 2 heterocycles. The van der Waals surface area contributed by atoms with Crippen LogP contribution in [0.1, 0.15) is 18.5 Å². The fourth-order valence-corrected chi connectivity index (χ4v) is 3.72. The molecule has 90 valence electrons. The SMILES string of the molecule is Cc1nn(C)c(F)c1S(=O)(=O)N1CCCC1. The summed E-state index contributed by atoms with van der Waals surface area (Å²) in [5.41, 5.74) is 0.215. The van der Waals surface area contributed by atoms with Crippen LogP contribution in [0, 0.1) is 12.9 Å². The lowest BCUT2D eigenvalue weighted by Crippen LogP contribution is -2.28. The second kappa shape index (κ2) is 3.81. The predicted octanol–water partition coefficient (Wildman–Crippen LogP) is 0.652. The van der Waals surface area contributed by atoms with Gasteiger partial charge in [0.2, 0.25) is 16.0 Å². The van der Waals surface area contributed by atoms with Gasteiger partial charge in [0.05, 0.1) is 5.69 Å². The van der Waals surface area contributed by atoms with Crippen molar-refractivity contribution in [3.63, 3.8) is 0 Å². The second-order valence-electron chi connectivity index (χ2n) is 3.94. The molecule has 0 spiro atoms. The van der Waals surface area contributed by atoms with Crippen molar-refractivity contribution < 1.29 is 12.8 Å². The van der Waals surface area contributed by atoms with E-state index in [1.54, 1.807) is 0 Å². The summed E-state index contributed by atoms with van der Waals surface area (Å²) in [5, 5.41) is 3.78. The minimum Gasteiger partial charge on any atom is -0.241 e. The van der Waals surface area contributed by atoms with Crippen molar-refractivity contribution in [3.05, 3.63) is 11.6 Å². The zero-order valence-electron chi connectivity index (χ0n) is 9.27. The average molecular weight is 247 g/mol. The van der Waals surface area contributed by atoms with E-state index in [9.17, 15) is 12.8 Å². The van der Waals surface area contributed by atoms with Gasteiger partial charge in [0, 0.05) is 20.1 Å². The van der Waals surface area contributed by atoms with Gasteiger partial charge >= 0.3 is 0 Å². The molecular weight excluding hydrogens is 233 g/mol. The van der Waals surface area contributed by atoms with Crippen molar-refractivity contribution in [3.8, 4) is 0 Å². The molecule has 16 heavy (non-hydrogen) atoms. The molecule has 0 aromatic carbocycles. The first kappa shape index (κ1) is 11.5. The smallest absolute Gasteiger partial charge is 0.241 e. The Kier molecular flexibility index (Phi) is 2.75. The summed E-state index contributed by atoms with van der Waals surface area (Å²) in [6, 6.07) is 0.